The van der Waals surface area contributed by atoms with Gasteiger partial charge in [0.25, 0.3) is 15.9 Å². The van der Waals surface area contributed by atoms with Gasteiger partial charge in [-0.05, 0) is 48.0 Å². The van der Waals surface area contributed by atoms with Crippen LogP contribution in [0.1, 0.15) is 11.3 Å². The molecule has 4 aromatic rings. The van der Waals surface area contributed by atoms with Crippen molar-refractivity contribution in [1.29, 1.82) is 0 Å². The fraction of sp³-hybridized carbons (Fsp3) is 0.0870. The molecule has 5 rings (SSSR count). The van der Waals surface area contributed by atoms with E-state index in [0.29, 0.717) is 37.2 Å². The first-order chi connectivity index (χ1) is 18.3. The number of amides is 1. The van der Waals surface area contributed by atoms with Crippen LogP contribution in [0.3, 0.4) is 0 Å². The number of thiocarbonyl (C=S) groups is 1. The average molecular weight is 587 g/mol. The Morgan fingerprint density at radius 2 is 2.00 bits per heavy atom. The molecule has 0 spiro atoms. The summed E-state index contributed by atoms with van der Waals surface area (Å²) in [6, 6.07) is 11.5. The number of nitrogens with one attached hydrogen (secondary N) is 2. The number of aromatic nitrogens is 4. The van der Waals surface area contributed by atoms with Crippen molar-refractivity contribution < 1.29 is 22.7 Å². The van der Waals surface area contributed by atoms with Crippen LogP contribution < -0.4 is 19.5 Å². The Labute approximate surface area is 230 Å². The van der Waals surface area contributed by atoms with Crippen molar-refractivity contribution >= 4 is 66.8 Å². The first-order valence-corrected chi connectivity index (χ1v) is 14.4. The molecule has 1 aliphatic heterocycles. The summed E-state index contributed by atoms with van der Waals surface area (Å²) in [6.07, 6.45) is 4.92. The first-order valence-electron chi connectivity index (χ1n) is 10.8. The van der Waals surface area contributed by atoms with Crippen molar-refractivity contribution in [2.75, 3.05) is 11.8 Å². The van der Waals surface area contributed by atoms with Gasteiger partial charge in [0.2, 0.25) is 0 Å². The topological polar surface area (TPSA) is 137 Å². The van der Waals surface area contributed by atoms with Gasteiger partial charge in [-0.15, -0.1) is 16.4 Å². The third-order valence-corrected chi connectivity index (χ3v) is 8.44. The van der Waals surface area contributed by atoms with Gasteiger partial charge in [0.15, 0.2) is 16.6 Å². The second kappa shape index (κ2) is 10.9. The lowest BCUT2D eigenvalue weighted by Crippen LogP contribution is -2.17. The highest BCUT2D eigenvalue weighted by Crippen LogP contribution is 2.32. The molecule has 2 N–H and O–H groups in total. The lowest BCUT2D eigenvalue weighted by Gasteiger charge is -2.10. The van der Waals surface area contributed by atoms with Crippen LogP contribution in [0.4, 0.5) is 5.13 Å². The van der Waals surface area contributed by atoms with E-state index in [1.165, 1.54) is 53.2 Å². The van der Waals surface area contributed by atoms with E-state index in [1.54, 1.807) is 48.0 Å². The number of methoxy groups -OCH3 is 1. The predicted molar refractivity (Wildman–Crippen MR) is 148 cm³/mol. The molecule has 0 atom stereocenters. The molecule has 2 aromatic carbocycles. The second-order valence-corrected chi connectivity index (χ2v) is 11.9. The van der Waals surface area contributed by atoms with Crippen LogP contribution in [-0.4, -0.2) is 45.7 Å². The molecule has 1 amide bonds. The van der Waals surface area contributed by atoms with Crippen LogP contribution >= 0.6 is 35.3 Å². The van der Waals surface area contributed by atoms with Crippen LogP contribution in [0.2, 0.25) is 0 Å². The predicted octanol–water partition coefficient (Wildman–Crippen LogP) is 3.60. The molecule has 1 fully saturated rings. The zero-order valence-electron chi connectivity index (χ0n) is 19.5. The molecule has 15 heteroatoms. The van der Waals surface area contributed by atoms with E-state index in [4.69, 9.17) is 21.7 Å². The summed E-state index contributed by atoms with van der Waals surface area (Å²) >= 11 is 7.42. The maximum atomic E-state index is 12.5. The summed E-state index contributed by atoms with van der Waals surface area (Å²) in [4.78, 5) is 16.5. The van der Waals surface area contributed by atoms with Gasteiger partial charge in [-0.3, -0.25) is 9.52 Å². The fourth-order valence-electron chi connectivity index (χ4n) is 3.34. The summed E-state index contributed by atoms with van der Waals surface area (Å²) in [5.74, 6) is 0.739. The van der Waals surface area contributed by atoms with Gasteiger partial charge in [0, 0.05) is 11.6 Å². The fourth-order valence-corrected chi connectivity index (χ4v) is 6.17. The molecule has 3 heterocycles. The van der Waals surface area contributed by atoms with Gasteiger partial charge in [0.1, 0.15) is 16.6 Å². The number of anilines is 1. The van der Waals surface area contributed by atoms with Crippen molar-refractivity contribution in [3.05, 3.63) is 76.4 Å². The molecule has 0 aliphatic carbocycles. The number of ether oxygens (including phenoxy) is 2. The number of benzene rings is 2. The minimum Gasteiger partial charge on any atom is -0.493 e. The van der Waals surface area contributed by atoms with Crippen molar-refractivity contribution in [2.24, 2.45) is 0 Å². The molecule has 11 nitrogen and oxygen atoms in total. The van der Waals surface area contributed by atoms with E-state index >= 15 is 0 Å². The first kappa shape index (κ1) is 25.8. The molecule has 38 heavy (non-hydrogen) atoms. The molecular formula is C23H18N6O5S4. The largest absolute Gasteiger partial charge is 0.493 e. The highest BCUT2D eigenvalue weighted by molar-refractivity contribution is 8.26. The number of rotatable bonds is 9. The SMILES string of the molecule is COc1ccc(/C=C2/SC(=S)NC2=O)cc1OCc1cn(-c2ccc(S(=O)(=O)Nc3nccs3)cc2)nn1. The number of hydrogen-bond acceptors (Lipinski definition) is 11. The van der Waals surface area contributed by atoms with E-state index < -0.39 is 10.0 Å². The van der Waals surface area contributed by atoms with E-state index in [2.05, 4.69) is 25.3 Å². The second-order valence-electron chi connectivity index (χ2n) is 7.64. The van der Waals surface area contributed by atoms with Gasteiger partial charge in [-0.2, -0.15) is 0 Å². The van der Waals surface area contributed by atoms with E-state index in [0.717, 1.165) is 5.56 Å². The molecule has 194 valence electrons. The van der Waals surface area contributed by atoms with Crippen molar-refractivity contribution in [3.63, 3.8) is 0 Å². The number of carbonyl (C=O) groups excluding carboxylic acids is 1. The lowest BCUT2D eigenvalue weighted by molar-refractivity contribution is -0.115. The smallest absolute Gasteiger partial charge is 0.263 e. The average Bonchev–Trinajstić information content (AvgIpc) is 3.65. The van der Waals surface area contributed by atoms with Gasteiger partial charge in [-0.25, -0.2) is 18.1 Å². The summed E-state index contributed by atoms with van der Waals surface area (Å²) < 4.78 is 40.8. The number of thiazole rings is 1. The Hall–Kier alpha value is -3.79. The Balaban J connectivity index is 1.27. The molecular weight excluding hydrogens is 569 g/mol. The molecule has 1 saturated heterocycles. The minimum atomic E-state index is -3.75. The highest BCUT2D eigenvalue weighted by atomic mass is 32.2. The van der Waals surface area contributed by atoms with Gasteiger partial charge in [-0.1, -0.05) is 35.3 Å². The highest BCUT2D eigenvalue weighted by Gasteiger charge is 2.22. The quantitative estimate of drug-likeness (QED) is 0.221. The van der Waals surface area contributed by atoms with E-state index in [-0.39, 0.29) is 17.4 Å². The summed E-state index contributed by atoms with van der Waals surface area (Å²) in [5, 5.41) is 12.8. The Morgan fingerprint density at radius 1 is 1.18 bits per heavy atom. The van der Waals surface area contributed by atoms with Crippen LogP contribution in [0, 0.1) is 0 Å². The van der Waals surface area contributed by atoms with Gasteiger partial charge in [0.05, 0.1) is 28.8 Å². The molecule has 0 unspecified atom stereocenters. The number of carbonyl (C=O) groups is 1. The molecule has 1 aliphatic rings. The van der Waals surface area contributed by atoms with Gasteiger partial charge >= 0.3 is 0 Å². The number of hydrogen-bond donors (Lipinski definition) is 2. The van der Waals surface area contributed by atoms with Crippen molar-refractivity contribution in [1.82, 2.24) is 25.3 Å². The Kier molecular flexibility index (Phi) is 7.42. The number of nitrogens with zero attached hydrogens (tertiary/aromatic N) is 4. The van der Waals surface area contributed by atoms with Gasteiger partial charge < -0.3 is 14.8 Å². The maximum absolute atomic E-state index is 12.5. The summed E-state index contributed by atoms with van der Waals surface area (Å²) in [7, 11) is -2.22. The van der Waals surface area contributed by atoms with E-state index in [9.17, 15) is 13.2 Å². The number of sulfonamides is 1. The zero-order chi connectivity index (χ0) is 26.7. The molecule has 2 aromatic heterocycles. The summed E-state index contributed by atoms with van der Waals surface area (Å²) in [5.41, 5.74) is 1.90. The van der Waals surface area contributed by atoms with Crippen LogP contribution in [0.5, 0.6) is 11.5 Å². The standard InChI is InChI=1S/C23H18N6O5S4/c1-33-18-7-2-14(11-20-21(30)25-23(35)37-20)10-19(18)34-13-15-12-29(28-26-15)16-3-5-17(6-4-16)38(31,32)27-22-24-8-9-36-22/h2-12H,13H2,1H3,(H,24,27)(H,25,30,35)/b20-11+. The molecule has 0 radical (unpaired) electrons. The van der Waals surface area contributed by atoms with Crippen molar-refractivity contribution in [2.45, 2.75) is 11.5 Å². The normalized spacial score (nSPS) is 14.5. The Bertz CT molecular complexity index is 1630. The summed E-state index contributed by atoms with van der Waals surface area (Å²) in [6.45, 7) is 0.0971. The minimum absolute atomic E-state index is 0.0948. The van der Waals surface area contributed by atoms with Crippen LogP contribution in [0.15, 0.2) is 70.0 Å². The Morgan fingerprint density at radius 3 is 2.68 bits per heavy atom. The molecule has 0 bridgehead atoms. The van der Waals surface area contributed by atoms with Crippen molar-refractivity contribution in [3.8, 4) is 17.2 Å². The number of thioether (sulfide) groups is 1. The zero-order valence-corrected chi connectivity index (χ0v) is 22.8. The van der Waals surface area contributed by atoms with E-state index in [1.807, 2.05) is 0 Å². The molecule has 0 saturated carbocycles. The lowest BCUT2D eigenvalue weighted by atomic mass is 10.2. The maximum Gasteiger partial charge on any atom is 0.263 e. The third-order valence-electron chi connectivity index (χ3n) is 5.11. The monoisotopic (exact) mass is 586 g/mol. The van der Waals surface area contributed by atoms with Crippen LogP contribution in [-0.2, 0) is 21.4 Å². The van der Waals surface area contributed by atoms with Crippen LogP contribution in [0.25, 0.3) is 11.8 Å². The third kappa shape index (κ3) is 5.85.